The first kappa shape index (κ1) is 10.8. The fourth-order valence-corrected chi connectivity index (χ4v) is 3.73. The quantitative estimate of drug-likeness (QED) is 0.625. The van der Waals surface area contributed by atoms with Gasteiger partial charge in [0.1, 0.15) is 0 Å². The van der Waals surface area contributed by atoms with Crippen LogP contribution in [-0.4, -0.2) is 5.78 Å². The minimum absolute atomic E-state index is 0.288. The molecule has 0 aromatic heterocycles. The number of rotatable bonds is 2. The third-order valence-electron chi connectivity index (χ3n) is 4.59. The Balaban J connectivity index is 1.87. The van der Waals surface area contributed by atoms with Crippen LogP contribution in [0.5, 0.6) is 0 Å². The normalized spacial score (nSPS) is 30.8. The number of aryl methyl sites for hydroxylation is 1. The van der Waals surface area contributed by atoms with Crippen LogP contribution in [0.3, 0.4) is 0 Å². The van der Waals surface area contributed by atoms with E-state index in [1.165, 1.54) is 19.3 Å². The van der Waals surface area contributed by atoms with Crippen LogP contribution in [0.2, 0.25) is 0 Å². The molecule has 90 valence electrons. The summed E-state index contributed by atoms with van der Waals surface area (Å²) in [6.45, 7) is 1.98. The molecular weight excluding hydrogens is 210 g/mol. The number of carbonyl (C=O) groups is 1. The van der Waals surface area contributed by atoms with Crippen molar-refractivity contribution in [2.45, 2.75) is 32.6 Å². The van der Waals surface area contributed by atoms with E-state index in [2.05, 4.69) is 0 Å². The zero-order valence-electron chi connectivity index (χ0n) is 10.3. The summed E-state index contributed by atoms with van der Waals surface area (Å²) in [6.07, 6.45) is 5.00. The Morgan fingerprint density at radius 1 is 1.29 bits per heavy atom. The van der Waals surface area contributed by atoms with Gasteiger partial charge < -0.3 is 5.73 Å². The molecule has 0 radical (unpaired) electrons. The number of carbonyl (C=O) groups excluding carboxylic acids is 1. The van der Waals surface area contributed by atoms with Gasteiger partial charge in [0.15, 0.2) is 5.78 Å². The van der Waals surface area contributed by atoms with Crippen molar-refractivity contribution in [3.63, 3.8) is 0 Å². The number of benzene rings is 1. The summed E-state index contributed by atoms with van der Waals surface area (Å²) in [5.41, 5.74) is 8.38. The summed E-state index contributed by atoms with van der Waals surface area (Å²) in [5, 5.41) is 0. The second kappa shape index (κ2) is 3.86. The molecule has 3 unspecified atom stereocenters. The van der Waals surface area contributed by atoms with E-state index in [-0.39, 0.29) is 5.92 Å². The van der Waals surface area contributed by atoms with Crippen molar-refractivity contribution in [2.75, 3.05) is 5.73 Å². The van der Waals surface area contributed by atoms with E-state index in [1.807, 2.05) is 25.1 Å². The fourth-order valence-electron chi connectivity index (χ4n) is 3.73. The van der Waals surface area contributed by atoms with Crippen molar-refractivity contribution in [2.24, 2.45) is 17.8 Å². The van der Waals surface area contributed by atoms with Crippen molar-refractivity contribution < 1.29 is 4.79 Å². The van der Waals surface area contributed by atoms with Crippen molar-refractivity contribution in [1.82, 2.24) is 0 Å². The van der Waals surface area contributed by atoms with Gasteiger partial charge in [0, 0.05) is 17.2 Å². The van der Waals surface area contributed by atoms with Gasteiger partial charge in [0.2, 0.25) is 0 Å². The number of hydrogen-bond acceptors (Lipinski definition) is 2. The first-order valence-electron chi connectivity index (χ1n) is 6.55. The summed E-state index contributed by atoms with van der Waals surface area (Å²) >= 11 is 0. The Morgan fingerprint density at radius 3 is 2.71 bits per heavy atom. The highest BCUT2D eigenvalue weighted by molar-refractivity contribution is 5.99. The third-order valence-corrected chi connectivity index (χ3v) is 4.59. The van der Waals surface area contributed by atoms with Crippen molar-refractivity contribution in [1.29, 1.82) is 0 Å². The molecule has 1 aromatic rings. The summed E-state index contributed by atoms with van der Waals surface area (Å²) in [4.78, 5) is 12.5. The molecule has 2 aliphatic rings. The lowest BCUT2D eigenvalue weighted by Gasteiger charge is -2.21. The van der Waals surface area contributed by atoms with E-state index < -0.39 is 0 Å². The van der Waals surface area contributed by atoms with Crippen LogP contribution in [0.25, 0.3) is 0 Å². The molecule has 0 amide bonds. The van der Waals surface area contributed by atoms with E-state index in [0.29, 0.717) is 11.7 Å². The van der Waals surface area contributed by atoms with Gasteiger partial charge >= 0.3 is 0 Å². The molecule has 2 fully saturated rings. The van der Waals surface area contributed by atoms with Crippen molar-refractivity contribution >= 4 is 11.5 Å². The van der Waals surface area contributed by atoms with E-state index in [0.717, 1.165) is 29.2 Å². The Hall–Kier alpha value is -1.31. The maximum atomic E-state index is 12.5. The largest absolute Gasteiger partial charge is 0.399 e. The maximum absolute atomic E-state index is 12.5. The zero-order valence-corrected chi connectivity index (χ0v) is 10.3. The fraction of sp³-hybridized carbons (Fsp3) is 0.533. The molecule has 2 nitrogen and oxygen atoms in total. The Bertz CT molecular complexity index is 466. The number of nitrogen functional groups attached to an aromatic ring is 1. The van der Waals surface area contributed by atoms with E-state index >= 15 is 0 Å². The predicted octanol–water partition coefficient (Wildman–Crippen LogP) is 3.20. The molecular formula is C15H19NO. The molecule has 2 N–H and O–H groups in total. The third kappa shape index (κ3) is 1.76. The predicted molar refractivity (Wildman–Crippen MR) is 68.9 cm³/mol. The van der Waals surface area contributed by atoms with Crippen LogP contribution in [0.15, 0.2) is 18.2 Å². The van der Waals surface area contributed by atoms with Crippen LogP contribution < -0.4 is 5.73 Å². The number of fused-ring (bicyclic) bond motifs is 2. The van der Waals surface area contributed by atoms with Gasteiger partial charge in [0.05, 0.1) is 0 Å². The molecule has 0 spiro atoms. The van der Waals surface area contributed by atoms with Gasteiger partial charge in [-0.05, 0) is 61.8 Å². The van der Waals surface area contributed by atoms with E-state index in [4.69, 9.17) is 5.73 Å². The lowest BCUT2D eigenvalue weighted by molar-refractivity contribution is 0.0874. The van der Waals surface area contributed by atoms with Gasteiger partial charge in [-0.25, -0.2) is 0 Å². The molecule has 2 saturated carbocycles. The van der Waals surface area contributed by atoms with Crippen LogP contribution in [0.1, 0.15) is 41.6 Å². The first-order chi connectivity index (χ1) is 8.15. The average Bonchev–Trinajstić information content (AvgIpc) is 2.89. The summed E-state index contributed by atoms with van der Waals surface area (Å²) in [6, 6.07) is 5.65. The lowest BCUT2D eigenvalue weighted by atomic mass is 9.82. The lowest BCUT2D eigenvalue weighted by Crippen LogP contribution is -2.21. The van der Waals surface area contributed by atoms with Gasteiger partial charge in [-0.15, -0.1) is 0 Å². The molecule has 2 bridgehead atoms. The highest BCUT2D eigenvalue weighted by Gasteiger charge is 2.43. The molecule has 3 atom stereocenters. The number of anilines is 1. The smallest absolute Gasteiger partial charge is 0.166 e. The Kier molecular flexibility index (Phi) is 2.46. The molecule has 0 heterocycles. The number of nitrogens with two attached hydrogens (primary N) is 1. The zero-order chi connectivity index (χ0) is 12.0. The number of ketones is 1. The maximum Gasteiger partial charge on any atom is 0.166 e. The highest BCUT2D eigenvalue weighted by Crippen LogP contribution is 2.49. The molecule has 2 aliphatic carbocycles. The Morgan fingerprint density at radius 2 is 2.12 bits per heavy atom. The van der Waals surface area contributed by atoms with Gasteiger partial charge in [-0.1, -0.05) is 6.42 Å². The standard InChI is InChI=1S/C15H19NO/c1-9-6-12(16)4-5-13(9)15(17)14-8-10-2-3-11(14)7-10/h4-6,10-11,14H,2-3,7-8,16H2,1H3. The van der Waals surface area contributed by atoms with Crippen molar-refractivity contribution in [3.05, 3.63) is 29.3 Å². The minimum atomic E-state index is 0.288. The number of hydrogen-bond donors (Lipinski definition) is 1. The van der Waals surface area contributed by atoms with Crippen LogP contribution in [0, 0.1) is 24.7 Å². The second-order valence-electron chi connectivity index (χ2n) is 5.72. The van der Waals surface area contributed by atoms with Gasteiger partial charge in [-0.3, -0.25) is 4.79 Å². The van der Waals surface area contributed by atoms with Crippen LogP contribution in [0.4, 0.5) is 5.69 Å². The molecule has 0 aliphatic heterocycles. The monoisotopic (exact) mass is 229 g/mol. The first-order valence-corrected chi connectivity index (χ1v) is 6.55. The van der Waals surface area contributed by atoms with Crippen molar-refractivity contribution in [3.8, 4) is 0 Å². The van der Waals surface area contributed by atoms with Gasteiger partial charge in [-0.2, -0.15) is 0 Å². The minimum Gasteiger partial charge on any atom is -0.399 e. The molecule has 2 heteroatoms. The molecule has 0 saturated heterocycles. The topological polar surface area (TPSA) is 43.1 Å². The summed E-state index contributed by atoms with van der Waals surface area (Å²) in [7, 11) is 0. The highest BCUT2D eigenvalue weighted by atomic mass is 16.1. The molecule has 1 aromatic carbocycles. The van der Waals surface area contributed by atoms with Crippen LogP contribution >= 0.6 is 0 Å². The Labute approximate surface area is 102 Å². The van der Waals surface area contributed by atoms with Gasteiger partial charge in [0.25, 0.3) is 0 Å². The van der Waals surface area contributed by atoms with Crippen LogP contribution in [-0.2, 0) is 0 Å². The van der Waals surface area contributed by atoms with E-state index in [1.54, 1.807) is 0 Å². The average molecular weight is 229 g/mol. The number of Topliss-reactive ketones (excluding diaryl/α,β-unsaturated/α-hetero) is 1. The summed E-state index contributed by atoms with van der Waals surface area (Å²) < 4.78 is 0. The molecule has 17 heavy (non-hydrogen) atoms. The second-order valence-corrected chi connectivity index (χ2v) is 5.72. The molecule has 3 rings (SSSR count). The van der Waals surface area contributed by atoms with E-state index in [9.17, 15) is 4.79 Å². The summed E-state index contributed by atoms with van der Waals surface area (Å²) in [5.74, 6) is 2.12. The SMILES string of the molecule is Cc1cc(N)ccc1C(=O)C1CC2CCC1C2.